The Kier molecular flexibility index (Phi) is 5.17. The van der Waals surface area contributed by atoms with Crippen LogP contribution in [0, 0.1) is 0 Å². The summed E-state index contributed by atoms with van der Waals surface area (Å²) in [5, 5.41) is 21.5. The first-order valence-corrected chi connectivity index (χ1v) is 6.68. The molecule has 0 saturated carbocycles. The Morgan fingerprint density at radius 3 is 2.95 bits per heavy atom. The number of amides is 2. The highest BCUT2D eigenvalue weighted by atomic mass is 16.3. The molecule has 2 amide bonds. The first-order valence-electron chi connectivity index (χ1n) is 6.68. The molecule has 1 fully saturated rings. The van der Waals surface area contributed by atoms with Gasteiger partial charge in [-0.2, -0.15) is 5.10 Å². The second-order valence-corrected chi connectivity index (χ2v) is 4.84. The number of aromatic amines is 1. The Morgan fingerprint density at radius 2 is 2.26 bits per heavy atom. The molecule has 19 heavy (non-hydrogen) atoms. The van der Waals surface area contributed by atoms with Crippen LogP contribution in [0.4, 0.5) is 10.5 Å². The highest BCUT2D eigenvalue weighted by molar-refractivity contribution is 5.88. The van der Waals surface area contributed by atoms with E-state index in [1.54, 1.807) is 6.20 Å². The molecule has 106 valence electrons. The summed E-state index contributed by atoms with van der Waals surface area (Å²) < 4.78 is 0. The number of β-amino-alcohol motifs (C(OH)–C–C–N with tert-alkyl or cyclic N) is 1. The average Bonchev–Trinajstić information content (AvgIpc) is 2.90. The van der Waals surface area contributed by atoms with E-state index in [-0.39, 0.29) is 12.6 Å². The van der Waals surface area contributed by atoms with Crippen molar-refractivity contribution in [1.29, 1.82) is 0 Å². The van der Waals surface area contributed by atoms with Gasteiger partial charge in [-0.15, -0.1) is 0 Å². The maximum atomic E-state index is 11.5. The smallest absolute Gasteiger partial charge is 0.319 e. The zero-order valence-corrected chi connectivity index (χ0v) is 10.9. The molecule has 7 heteroatoms. The number of H-pyrrole nitrogens is 1. The van der Waals surface area contributed by atoms with Gasteiger partial charge in [-0.3, -0.25) is 5.10 Å². The quantitative estimate of drug-likeness (QED) is 0.620. The second kappa shape index (κ2) is 7.10. The minimum Gasteiger partial charge on any atom is -0.390 e. The molecule has 0 spiro atoms. The van der Waals surface area contributed by atoms with Crippen LogP contribution in [0.2, 0.25) is 0 Å². The van der Waals surface area contributed by atoms with Crippen LogP contribution in [0.3, 0.4) is 0 Å². The second-order valence-electron chi connectivity index (χ2n) is 4.84. The third-order valence-electron chi connectivity index (χ3n) is 3.17. The fraction of sp³-hybridized carbons (Fsp3) is 0.667. The standard InChI is InChI=1S/C12H21N5O2/c18-11(9-17-4-2-1-3-5-17)8-13-12(19)16-10-6-14-15-7-10/h6-7,11,18H,1-5,8-9H2,(H,14,15)(H2,13,16,19)/t11-/m0/s1. The van der Waals surface area contributed by atoms with Gasteiger partial charge in [0, 0.05) is 19.3 Å². The van der Waals surface area contributed by atoms with Crippen LogP contribution < -0.4 is 10.6 Å². The molecule has 2 rings (SSSR count). The molecule has 0 bridgehead atoms. The van der Waals surface area contributed by atoms with Crippen molar-refractivity contribution in [3.63, 3.8) is 0 Å². The molecular weight excluding hydrogens is 246 g/mol. The summed E-state index contributed by atoms with van der Waals surface area (Å²) >= 11 is 0. The number of aliphatic hydroxyl groups excluding tert-OH is 1. The molecule has 2 heterocycles. The molecule has 1 saturated heterocycles. The Hall–Kier alpha value is -1.60. The summed E-state index contributed by atoms with van der Waals surface area (Å²) in [6.07, 6.45) is 6.24. The summed E-state index contributed by atoms with van der Waals surface area (Å²) in [4.78, 5) is 13.8. The first kappa shape index (κ1) is 13.8. The van der Waals surface area contributed by atoms with E-state index in [9.17, 15) is 9.90 Å². The van der Waals surface area contributed by atoms with E-state index in [2.05, 4.69) is 25.7 Å². The van der Waals surface area contributed by atoms with Crippen molar-refractivity contribution in [2.24, 2.45) is 0 Å². The summed E-state index contributed by atoms with van der Waals surface area (Å²) in [5.41, 5.74) is 0.600. The fourth-order valence-electron chi connectivity index (χ4n) is 2.21. The number of hydrogen-bond donors (Lipinski definition) is 4. The molecule has 1 aliphatic rings. The van der Waals surface area contributed by atoms with Gasteiger partial charge in [0.25, 0.3) is 0 Å². The third kappa shape index (κ3) is 4.88. The van der Waals surface area contributed by atoms with Crippen molar-refractivity contribution < 1.29 is 9.90 Å². The number of aliphatic hydroxyl groups is 1. The van der Waals surface area contributed by atoms with Crippen molar-refractivity contribution in [3.05, 3.63) is 12.4 Å². The van der Waals surface area contributed by atoms with Crippen LogP contribution in [0.1, 0.15) is 19.3 Å². The summed E-state index contributed by atoms with van der Waals surface area (Å²) in [5.74, 6) is 0. The van der Waals surface area contributed by atoms with Crippen LogP contribution >= 0.6 is 0 Å². The van der Waals surface area contributed by atoms with E-state index in [4.69, 9.17) is 0 Å². The van der Waals surface area contributed by atoms with Crippen LogP contribution in [0.15, 0.2) is 12.4 Å². The normalized spacial score (nSPS) is 17.9. The van der Waals surface area contributed by atoms with E-state index in [0.717, 1.165) is 13.1 Å². The van der Waals surface area contributed by atoms with Gasteiger partial charge < -0.3 is 20.6 Å². The molecule has 1 aromatic heterocycles. The Morgan fingerprint density at radius 1 is 1.47 bits per heavy atom. The number of piperidine rings is 1. The van der Waals surface area contributed by atoms with E-state index in [1.807, 2.05) is 0 Å². The fourth-order valence-corrected chi connectivity index (χ4v) is 2.21. The molecule has 1 aliphatic heterocycles. The number of rotatable bonds is 5. The van der Waals surface area contributed by atoms with E-state index < -0.39 is 6.10 Å². The van der Waals surface area contributed by atoms with Gasteiger partial charge in [-0.1, -0.05) is 6.42 Å². The highest BCUT2D eigenvalue weighted by Crippen LogP contribution is 2.08. The zero-order chi connectivity index (χ0) is 13.5. The maximum Gasteiger partial charge on any atom is 0.319 e. The lowest BCUT2D eigenvalue weighted by molar-refractivity contribution is 0.102. The van der Waals surface area contributed by atoms with E-state index >= 15 is 0 Å². The van der Waals surface area contributed by atoms with E-state index in [1.165, 1.54) is 25.5 Å². The van der Waals surface area contributed by atoms with Crippen molar-refractivity contribution in [2.75, 3.05) is 31.5 Å². The molecular formula is C12H21N5O2. The average molecular weight is 267 g/mol. The lowest BCUT2D eigenvalue weighted by Gasteiger charge is -2.28. The largest absolute Gasteiger partial charge is 0.390 e. The topological polar surface area (TPSA) is 93.3 Å². The number of hydrogen-bond acceptors (Lipinski definition) is 4. The number of carbonyl (C=O) groups is 1. The maximum absolute atomic E-state index is 11.5. The van der Waals surface area contributed by atoms with Crippen molar-refractivity contribution in [1.82, 2.24) is 20.4 Å². The summed E-state index contributed by atoms with van der Waals surface area (Å²) in [7, 11) is 0. The van der Waals surface area contributed by atoms with Crippen LogP contribution in [-0.2, 0) is 0 Å². The lowest BCUT2D eigenvalue weighted by Crippen LogP contribution is -2.42. The van der Waals surface area contributed by atoms with Crippen molar-refractivity contribution >= 4 is 11.7 Å². The van der Waals surface area contributed by atoms with Gasteiger partial charge in [0.05, 0.1) is 18.0 Å². The van der Waals surface area contributed by atoms with Crippen LogP contribution in [0.25, 0.3) is 0 Å². The molecule has 0 aliphatic carbocycles. The van der Waals surface area contributed by atoms with Crippen LogP contribution in [0.5, 0.6) is 0 Å². The number of carbonyl (C=O) groups excluding carboxylic acids is 1. The van der Waals surface area contributed by atoms with E-state index in [0.29, 0.717) is 12.2 Å². The Balaban J connectivity index is 1.62. The number of urea groups is 1. The van der Waals surface area contributed by atoms with Crippen molar-refractivity contribution in [3.8, 4) is 0 Å². The lowest BCUT2D eigenvalue weighted by atomic mass is 10.1. The Labute approximate surface area is 112 Å². The van der Waals surface area contributed by atoms with Gasteiger partial charge in [0.15, 0.2) is 0 Å². The number of likely N-dealkylation sites (tertiary alicyclic amines) is 1. The molecule has 0 unspecified atom stereocenters. The van der Waals surface area contributed by atoms with Gasteiger partial charge in [0.1, 0.15) is 0 Å². The predicted molar refractivity (Wildman–Crippen MR) is 71.9 cm³/mol. The number of aromatic nitrogens is 2. The minimum atomic E-state index is -0.534. The third-order valence-corrected chi connectivity index (χ3v) is 3.17. The summed E-state index contributed by atoms with van der Waals surface area (Å²) in [6, 6.07) is -0.334. The number of nitrogens with one attached hydrogen (secondary N) is 3. The predicted octanol–water partition coefficient (Wildman–Crippen LogP) is 0.378. The number of nitrogens with zero attached hydrogens (tertiary/aromatic N) is 2. The number of anilines is 1. The monoisotopic (exact) mass is 267 g/mol. The highest BCUT2D eigenvalue weighted by Gasteiger charge is 2.15. The molecule has 7 nitrogen and oxygen atoms in total. The van der Waals surface area contributed by atoms with Gasteiger partial charge in [-0.05, 0) is 25.9 Å². The van der Waals surface area contributed by atoms with Crippen molar-refractivity contribution in [2.45, 2.75) is 25.4 Å². The zero-order valence-electron chi connectivity index (χ0n) is 10.9. The molecule has 0 aromatic carbocycles. The molecule has 1 aromatic rings. The summed E-state index contributed by atoms with van der Waals surface area (Å²) in [6.45, 7) is 2.95. The van der Waals surface area contributed by atoms with Gasteiger partial charge in [0.2, 0.25) is 0 Å². The minimum absolute atomic E-state index is 0.250. The first-order chi connectivity index (χ1) is 9.24. The molecule has 1 atom stereocenters. The SMILES string of the molecule is O=C(NC[C@H](O)CN1CCCCC1)Nc1cn[nH]c1. The van der Waals surface area contributed by atoms with Gasteiger partial charge in [-0.25, -0.2) is 4.79 Å². The van der Waals surface area contributed by atoms with Gasteiger partial charge >= 0.3 is 6.03 Å². The van der Waals surface area contributed by atoms with Crippen LogP contribution in [-0.4, -0.2) is 58.5 Å². The molecule has 0 radical (unpaired) electrons. The Bertz CT molecular complexity index is 375. The molecule has 4 N–H and O–H groups in total.